The van der Waals surface area contributed by atoms with Crippen molar-refractivity contribution in [2.24, 2.45) is 0 Å². The predicted molar refractivity (Wildman–Crippen MR) is 84.5 cm³/mol. The van der Waals surface area contributed by atoms with E-state index in [1.54, 1.807) is 12.4 Å². The summed E-state index contributed by atoms with van der Waals surface area (Å²) in [6.45, 7) is 4.17. The van der Waals surface area contributed by atoms with Crippen molar-refractivity contribution < 1.29 is 0 Å². The third-order valence-electron chi connectivity index (χ3n) is 3.02. The minimum absolute atomic E-state index is 0.0455. The fourth-order valence-electron chi connectivity index (χ4n) is 2.02. The molecule has 0 saturated heterocycles. The van der Waals surface area contributed by atoms with E-state index in [-0.39, 0.29) is 6.04 Å². The fourth-order valence-corrected chi connectivity index (χ4v) is 2.59. The van der Waals surface area contributed by atoms with Crippen LogP contribution in [0.1, 0.15) is 37.6 Å². The van der Waals surface area contributed by atoms with Crippen LogP contribution in [-0.2, 0) is 6.42 Å². The molecule has 0 bridgehead atoms. The van der Waals surface area contributed by atoms with Gasteiger partial charge in [0, 0.05) is 21.8 Å². The van der Waals surface area contributed by atoms with Gasteiger partial charge in [0.05, 0.1) is 6.04 Å². The van der Waals surface area contributed by atoms with Gasteiger partial charge in [0.25, 0.3) is 0 Å². The minimum Gasteiger partial charge on any atom is -0.363 e. The third-order valence-corrected chi connectivity index (χ3v) is 3.59. The molecule has 0 aliphatic heterocycles. The number of hydrogen-bond donors (Lipinski definition) is 1. The summed E-state index contributed by atoms with van der Waals surface area (Å²) in [7, 11) is 0. The maximum atomic E-state index is 6.21. The molecule has 1 N–H and O–H groups in total. The van der Waals surface area contributed by atoms with Crippen molar-refractivity contribution in [3.05, 3.63) is 51.9 Å². The minimum atomic E-state index is 0.0455. The number of nitrogens with zero attached hydrogens (tertiary/aromatic N) is 2. The number of anilines is 1. The molecular weight excluding hydrogens is 293 g/mol. The van der Waals surface area contributed by atoms with Crippen LogP contribution in [0, 0.1) is 0 Å². The van der Waals surface area contributed by atoms with Crippen LogP contribution in [0.3, 0.4) is 0 Å². The molecule has 1 aromatic carbocycles. The summed E-state index contributed by atoms with van der Waals surface area (Å²) < 4.78 is 0. The van der Waals surface area contributed by atoms with E-state index >= 15 is 0 Å². The molecule has 0 amide bonds. The molecule has 0 aliphatic rings. The Morgan fingerprint density at radius 3 is 2.70 bits per heavy atom. The molecule has 0 spiro atoms. The average molecular weight is 310 g/mol. The molecule has 2 rings (SSSR count). The number of nitrogens with one attached hydrogen (secondary N) is 1. The van der Waals surface area contributed by atoms with E-state index in [4.69, 9.17) is 23.2 Å². The number of rotatable bonds is 5. The van der Waals surface area contributed by atoms with Gasteiger partial charge < -0.3 is 5.32 Å². The van der Waals surface area contributed by atoms with Crippen molar-refractivity contribution >= 4 is 29.0 Å². The fraction of sp³-hybridized carbons (Fsp3) is 0.333. The highest BCUT2D eigenvalue weighted by molar-refractivity contribution is 6.35. The van der Waals surface area contributed by atoms with Crippen LogP contribution in [0.4, 0.5) is 5.82 Å². The lowest BCUT2D eigenvalue weighted by atomic mass is 10.1. The monoisotopic (exact) mass is 309 g/mol. The van der Waals surface area contributed by atoms with E-state index in [9.17, 15) is 0 Å². The summed E-state index contributed by atoms with van der Waals surface area (Å²) in [5, 5.41) is 4.63. The van der Waals surface area contributed by atoms with Gasteiger partial charge in [0.15, 0.2) is 0 Å². The second-order valence-electron chi connectivity index (χ2n) is 4.68. The molecule has 0 radical (unpaired) electrons. The lowest BCUT2D eigenvalue weighted by Crippen LogP contribution is -2.09. The smallest absolute Gasteiger partial charge is 0.130 e. The molecule has 106 valence electrons. The molecule has 3 nitrogen and oxygen atoms in total. The van der Waals surface area contributed by atoms with Crippen molar-refractivity contribution in [2.75, 3.05) is 5.32 Å². The van der Waals surface area contributed by atoms with Gasteiger partial charge in [0.2, 0.25) is 0 Å². The molecule has 1 heterocycles. The molecule has 1 unspecified atom stereocenters. The van der Waals surface area contributed by atoms with Crippen LogP contribution in [0.5, 0.6) is 0 Å². The van der Waals surface area contributed by atoms with Crippen LogP contribution in [0.25, 0.3) is 0 Å². The molecular formula is C15H17Cl2N3. The molecule has 20 heavy (non-hydrogen) atoms. The molecule has 1 atom stereocenters. The van der Waals surface area contributed by atoms with Gasteiger partial charge in [-0.1, -0.05) is 42.6 Å². The van der Waals surface area contributed by atoms with E-state index in [1.807, 2.05) is 25.1 Å². The second kappa shape index (κ2) is 6.91. The highest BCUT2D eigenvalue weighted by atomic mass is 35.5. The van der Waals surface area contributed by atoms with Crippen LogP contribution in [0.2, 0.25) is 10.0 Å². The van der Waals surface area contributed by atoms with Gasteiger partial charge in [-0.15, -0.1) is 0 Å². The Morgan fingerprint density at radius 2 is 2.00 bits per heavy atom. The first-order valence-electron chi connectivity index (χ1n) is 6.62. The van der Waals surface area contributed by atoms with E-state index in [0.29, 0.717) is 10.0 Å². The highest BCUT2D eigenvalue weighted by Crippen LogP contribution is 2.28. The van der Waals surface area contributed by atoms with Crippen LogP contribution >= 0.6 is 23.2 Å². The first kappa shape index (κ1) is 15.1. The average Bonchev–Trinajstić information content (AvgIpc) is 2.39. The van der Waals surface area contributed by atoms with Gasteiger partial charge in [-0.25, -0.2) is 9.97 Å². The number of hydrogen-bond acceptors (Lipinski definition) is 3. The standard InChI is InChI=1S/C15H17Cl2N3/c1-3-4-12-8-15(19-9-18-12)20-10(2)13-6-5-11(16)7-14(13)17/h5-10H,3-4H2,1-2H3,(H,18,19,20). The van der Waals surface area contributed by atoms with E-state index in [0.717, 1.165) is 29.9 Å². The number of halogens is 2. The number of benzene rings is 1. The van der Waals surface area contributed by atoms with Crippen LogP contribution < -0.4 is 5.32 Å². The first-order valence-corrected chi connectivity index (χ1v) is 7.38. The van der Waals surface area contributed by atoms with Crippen molar-refractivity contribution in [2.45, 2.75) is 32.7 Å². The topological polar surface area (TPSA) is 37.8 Å². The van der Waals surface area contributed by atoms with E-state index < -0.39 is 0 Å². The van der Waals surface area contributed by atoms with Crippen molar-refractivity contribution in [3.8, 4) is 0 Å². The Morgan fingerprint density at radius 1 is 1.20 bits per heavy atom. The van der Waals surface area contributed by atoms with Gasteiger partial charge in [-0.05, 0) is 31.0 Å². The van der Waals surface area contributed by atoms with Crippen LogP contribution in [-0.4, -0.2) is 9.97 Å². The predicted octanol–water partition coefficient (Wildman–Crippen LogP) is 4.91. The Labute approximate surface area is 129 Å². The largest absolute Gasteiger partial charge is 0.363 e. The van der Waals surface area contributed by atoms with Crippen molar-refractivity contribution in [1.29, 1.82) is 0 Å². The molecule has 5 heteroatoms. The zero-order valence-electron chi connectivity index (χ0n) is 11.5. The Bertz CT molecular complexity index is 587. The van der Waals surface area contributed by atoms with Crippen molar-refractivity contribution in [3.63, 3.8) is 0 Å². The summed E-state index contributed by atoms with van der Waals surface area (Å²) in [6.07, 6.45) is 3.60. The van der Waals surface area contributed by atoms with Crippen molar-refractivity contribution in [1.82, 2.24) is 9.97 Å². The van der Waals surface area contributed by atoms with Gasteiger partial charge in [-0.3, -0.25) is 0 Å². The molecule has 0 aliphatic carbocycles. The Hall–Kier alpha value is -1.32. The summed E-state index contributed by atoms with van der Waals surface area (Å²) >= 11 is 12.1. The number of aryl methyl sites for hydroxylation is 1. The molecule has 1 aromatic heterocycles. The Balaban J connectivity index is 2.14. The third kappa shape index (κ3) is 3.84. The summed E-state index contributed by atoms with van der Waals surface area (Å²) in [6, 6.07) is 7.53. The zero-order valence-corrected chi connectivity index (χ0v) is 13.0. The van der Waals surface area contributed by atoms with Gasteiger partial charge >= 0.3 is 0 Å². The van der Waals surface area contributed by atoms with E-state index in [2.05, 4.69) is 22.2 Å². The zero-order chi connectivity index (χ0) is 14.5. The highest BCUT2D eigenvalue weighted by Gasteiger charge is 2.11. The van der Waals surface area contributed by atoms with E-state index in [1.165, 1.54) is 0 Å². The molecule has 2 aromatic rings. The SMILES string of the molecule is CCCc1cc(NC(C)c2ccc(Cl)cc2Cl)ncn1. The lowest BCUT2D eigenvalue weighted by molar-refractivity contribution is 0.849. The second-order valence-corrected chi connectivity index (χ2v) is 5.52. The van der Waals surface area contributed by atoms with Crippen LogP contribution in [0.15, 0.2) is 30.6 Å². The quantitative estimate of drug-likeness (QED) is 0.852. The molecule has 0 fully saturated rings. The number of aromatic nitrogens is 2. The maximum Gasteiger partial charge on any atom is 0.130 e. The summed E-state index contributed by atoms with van der Waals surface area (Å²) in [5.74, 6) is 0.807. The maximum absolute atomic E-state index is 6.21. The summed E-state index contributed by atoms with van der Waals surface area (Å²) in [5.41, 5.74) is 2.03. The first-order chi connectivity index (χ1) is 9.60. The normalized spacial score (nSPS) is 12.2. The summed E-state index contributed by atoms with van der Waals surface area (Å²) in [4.78, 5) is 8.49. The lowest BCUT2D eigenvalue weighted by Gasteiger charge is -2.16. The van der Waals surface area contributed by atoms with Gasteiger partial charge in [0.1, 0.15) is 12.1 Å². The Kier molecular flexibility index (Phi) is 5.21. The molecule has 0 saturated carbocycles. The van der Waals surface area contributed by atoms with Gasteiger partial charge in [-0.2, -0.15) is 0 Å².